The number of piperazine rings is 1. The van der Waals surface area contributed by atoms with Crippen molar-refractivity contribution in [1.29, 1.82) is 0 Å². The van der Waals surface area contributed by atoms with Crippen LogP contribution in [-0.2, 0) is 11.2 Å². The van der Waals surface area contributed by atoms with Gasteiger partial charge in [0.05, 0.1) is 6.42 Å². The summed E-state index contributed by atoms with van der Waals surface area (Å²) in [6.07, 6.45) is 0.303. The van der Waals surface area contributed by atoms with Gasteiger partial charge in [-0.05, 0) is 43.2 Å². The van der Waals surface area contributed by atoms with E-state index < -0.39 is 0 Å². The van der Waals surface area contributed by atoms with E-state index in [-0.39, 0.29) is 5.91 Å². The molecular formula is C22H25N5OS. The molecule has 4 rings (SSSR count). The van der Waals surface area contributed by atoms with Crippen LogP contribution in [0.15, 0.2) is 48.5 Å². The Labute approximate surface area is 175 Å². The van der Waals surface area contributed by atoms with Crippen molar-refractivity contribution in [3.05, 3.63) is 64.7 Å². The van der Waals surface area contributed by atoms with Gasteiger partial charge in [0.1, 0.15) is 5.01 Å². The molecule has 1 fully saturated rings. The maximum Gasteiger partial charge on any atom is 0.229 e. The number of para-hydroxylation sites is 1. The van der Waals surface area contributed by atoms with E-state index in [0.29, 0.717) is 11.6 Å². The van der Waals surface area contributed by atoms with Crippen molar-refractivity contribution in [2.24, 2.45) is 0 Å². The van der Waals surface area contributed by atoms with Crippen molar-refractivity contribution < 1.29 is 4.79 Å². The molecule has 0 radical (unpaired) electrons. The van der Waals surface area contributed by atoms with Crippen LogP contribution in [0.25, 0.3) is 0 Å². The molecule has 0 spiro atoms. The van der Waals surface area contributed by atoms with Crippen LogP contribution in [0.4, 0.5) is 16.5 Å². The third-order valence-electron chi connectivity index (χ3n) is 5.13. The largest absolute Gasteiger partial charge is 0.368 e. The van der Waals surface area contributed by atoms with Crippen molar-refractivity contribution in [2.75, 3.05) is 36.4 Å². The molecule has 1 aliphatic heterocycles. The molecule has 0 bridgehead atoms. The van der Waals surface area contributed by atoms with Crippen LogP contribution in [0.5, 0.6) is 0 Å². The van der Waals surface area contributed by atoms with Gasteiger partial charge in [-0.15, -0.1) is 10.2 Å². The number of anilines is 3. The summed E-state index contributed by atoms with van der Waals surface area (Å²) in [4.78, 5) is 17.0. The van der Waals surface area contributed by atoms with Crippen LogP contribution in [0.2, 0.25) is 0 Å². The van der Waals surface area contributed by atoms with E-state index in [0.717, 1.165) is 36.9 Å². The lowest BCUT2D eigenvalue weighted by Gasteiger charge is -2.37. The van der Waals surface area contributed by atoms with Crippen molar-refractivity contribution in [3.63, 3.8) is 0 Å². The van der Waals surface area contributed by atoms with Crippen LogP contribution in [0, 0.1) is 13.8 Å². The molecule has 0 unspecified atom stereocenters. The van der Waals surface area contributed by atoms with Gasteiger partial charge in [0.25, 0.3) is 0 Å². The van der Waals surface area contributed by atoms with Crippen molar-refractivity contribution in [1.82, 2.24) is 15.1 Å². The molecule has 29 heavy (non-hydrogen) atoms. The molecule has 6 nitrogen and oxygen atoms in total. The highest BCUT2D eigenvalue weighted by molar-refractivity contribution is 7.15. The van der Waals surface area contributed by atoms with Crippen molar-refractivity contribution >= 4 is 33.8 Å². The predicted octanol–water partition coefficient (Wildman–Crippen LogP) is 3.79. The molecule has 0 saturated carbocycles. The van der Waals surface area contributed by atoms with Crippen LogP contribution < -0.4 is 10.2 Å². The van der Waals surface area contributed by atoms with E-state index in [9.17, 15) is 4.79 Å². The number of carbonyl (C=O) groups excluding carboxylic acids is 1. The van der Waals surface area contributed by atoms with Gasteiger partial charge in [-0.25, -0.2) is 0 Å². The zero-order chi connectivity index (χ0) is 20.2. The molecule has 0 aliphatic carbocycles. The minimum absolute atomic E-state index is 0.119. The van der Waals surface area contributed by atoms with E-state index in [1.807, 2.05) is 35.2 Å². The molecule has 150 valence electrons. The average molecular weight is 408 g/mol. The number of nitrogens with one attached hydrogen (secondary N) is 1. The van der Waals surface area contributed by atoms with Crippen LogP contribution >= 0.6 is 11.3 Å². The number of aromatic nitrogens is 2. The Bertz CT molecular complexity index is 980. The van der Waals surface area contributed by atoms with E-state index in [4.69, 9.17) is 0 Å². The lowest BCUT2D eigenvalue weighted by molar-refractivity contribution is -0.130. The van der Waals surface area contributed by atoms with Gasteiger partial charge in [0.2, 0.25) is 11.0 Å². The molecule has 2 aromatic carbocycles. The zero-order valence-corrected chi connectivity index (χ0v) is 17.6. The Kier molecular flexibility index (Phi) is 5.76. The molecule has 1 N–H and O–H groups in total. The first-order valence-corrected chi connectivity index (χ1v) is 10.6. The third kappa shape index (κ3) is 4.74. The quantitative estimate of drug-likeness (QED) is 0.697. The second kappa shape index (κ2) is 8.61. The number of rotatable bonds is 5. The maximum absolute atomic E-state index is 12.7. The summed E-state index contributed by atoms with van der Waals surface area (Å²) in [5.74, 6) is 0.119. The van der Waals surface area contributed by atoms with Gasteiger partial charge in [0, 0.05) is 37.6 Å². The van der Waals surface area contributed by atoms with E-state index in [1.165, 1.54) is 28.2 Å². The molecule has 2 heterocycles. The number of carbonyl (C=O) groups is 1. The van der Waals surface area contributed by atoms with Crippen LogP contribution in [0.3, 0.4) is 0 Å². The topological polar surface area (TPSA) is 61.4 Å². The first kappa shape index (κ1) is 19.4. The van der Waals surface area contributed by atoms with Gasteiger partial charge >= 0.3 is 0 Å². The average Bonchev–Trinajstić information content (AvgIpc) is 3.17. The van der Waals surface area contributed by atoms with E-state index in [2.05, 4.69) is 52.5 Å². The Morgan fingerprint density at radius 2 is 1.79 bits per heavy atom. The fourth-order valence-corrected chi connectivity index (χ4v) is 4.27. The highest BCUT2D eigenvalue weighted by Crippen LogP contribution is 2.24. The number of aryl methyl sites for hydroxylation is 2. The highest BCUT2D eigenvalue weighted by Gasteiger charge is 2.23. The normalized spacial score (nSPS) is 14.1. The van der Waals surface area contributed by atoms with E-state index in [1.54, 1.807) is 0 Å². The van der Waals surface area contributed by atoms with Gasteiger partial charge < -0.3 is 15.1 Å². The van der Waals surface area contributed by atoms with Crippen molar-refractivity contribution in [2.45, 2.75) is 20.3 Å². The number of hydrogen-bond donors (Lipinski definition) is 1. The first-order chi connectivity index (χ1) is 14.1. The van der Waals surface area contributed by atoms with Crippen molar-refractivity contribution in [3.8, 4) is 0 Å². The summed E-state index contributed by atoms with van der Waals surface area (Å²) in [5, 5.41) is 13.0. The fraction of sp³-hybridized carbons (Fsp3) is 0.318. The third-order valence-corrected chi connectivity index (χ3v) is 5.97. The van der Waals surface area contributed by atoms with Gasteiger partial charge in [-0.3, -0.25) is 4.79 Å². The molecule has 1 aromatic heterocycles. The molecule has 7 heteroatoms. The second-order valence-electron chi connectivity index (χ2n) is 7.33. The molecule has 1 saturated heterocycles. The van der Waals surface area contributed by atoms with Gasteiger partial charge in [0.15, 0.2) is 0 Å². The summed E-state index contributed by atoms with van der Waals surface area (Å²) in [7, 11) is 0. The van der Waals surface area contributed by atoms with E-state index >= 15 is 0 Å². The van der Waals surface area contributed by atoms with Crippen LogP contribution in [-0.4, -0.2) is 47.2 Å². The minimum Gasteiger partial charge on any atom is -0.368 e. The molecule has 3 aromatic rings. The predicted molar refractivity (Wildman–Crippen MR) is 118 cm³/mol. The van der Waals surface area contributed by atoms with Crippen LogP contribution in [0.1, 0.15) is 16.1 Å². The number of hydrogen-bond acceptors (Lipinski definition) is 6. The summed E-state index contributed by atoms with van der Waals surface area (Å²) in [5.41, 5.74) is 4.78. The zero-order valence-electron chi connectivity index (χ0n) is 16.8. The molecular weight excluding hydrogens is 382 g/mol. The summed E-state index contributed by atoms with van der Waals surface area (Å²) < 4.78 is 0. The second-order valence-corrected chi connectivity index (χ2v) is 8.39. The lowest BCUT2D eigenvalue weighted by Crippen LogP contribution is -2.49. The number of amides is 1. The smallest absolute Gasteiger partial charge is 0.229 e. The SMILES string of the molecule is Cc1ccc(C)c(N2CCN(C(=O)Cc3nnc(Nc4ccccc4)s3)CC2)c1. The molecule has 1 amide bonds. The Morgan fingerprint density at radius 3 is 2.55 bits per heavy atom. The summed E-state index contributed by atoms with van der Waals surface area (Å²) >= 11 is 1.43. The van der Waals surface area contributed by atoms with Gasteiger partial charge in [-0.2, -0.15) is 0 Å². The maximum atomic E-state index is 12.7. The highest BCUT2D eigenvalue weighted by atomic mass is 32.1. The molecule has 1 aliphatic rings. The lowest BCUT2D eigenvalue weighted by atomic mass is 10.1. The Hall–Kier alpha value is -2.93. The fourth-order valence-electron chi connectivity index (χ4n) is 3.52. The standard InChI is InChI=1S/C22H25N5OS/c1-16-8-9-17(2)19(14-16)26-10-12-27(13-11-26)21(28)15-20-24-25-22(29-20)23-18-6-4-3-5-7-18/h3-9,14H,10-13,15H2,1-2H3,(H,23,25). The molecule has 0 atom stereocenters. The monoisotopic (exact) mass is 407 g/mol. The summed E-state index contributed by atoms with van der Waals surface area (Å²) in [6.45, 7) is 7.44. The minimum atomic E-state index is 0.119. The number of benzene rings is 2. The summed E-state index contributed by atoms with van der Waals surface area (Å²) in [6, 6.07) is 16.4. The Morgan fingerprint density at radius 1 is 1.03 bits per heavy atom. The van der Waals surface area contributed by atoms with Gasteiger partial charge in [-0.1, -0.05) is 41.7 Å². The Balaban J connectivity index is 1.32. The number of nitrogens with zero attached hydrogens (tertiary/aromatic N) is 4. The first-order valence-electron chi connectivity index (χ1n) is 9.83.